The van der Waals surface area contributed by atoms with E-state index in [0.717, 1.165) is 5.69 Å². The highest BCUT2D eigenvalue weighted by atomic mass is 35.5. The third-order valence-corrected chi connectivity index (χ3v) is 1.79. The highest BCUT2D eigenvalue weighted by Crippen LogP contribution is 2.01. The number of nitrogens with zero attached hydrogens (tertiary/aromatic N) is 3. The van der Waals surface area contributed by atoms with Gasteiger partial charge in [-0.3, -0.25) is 9.98 Å². The van der Waals surface area contributed by atoms with Gasteiger partial charge in [-0.15, -0.1) is 12.4 Å². The predicted octanol–water partition coefficient (Wildman–Crippen LogP) is 0.751. The summed E-state index contributed by atoms with van der Waals surface area (Å²) in [7, 11) is 0. The van der Waals surface area contributed by atoms with Crippen LogP contribution in [0.1, 0.15) is 0 Å². The Kier molecular flexibility index (Phi) is 3.41. The maximum Gasteiger partial charge on any atom is 0.231 e. The Bertz CT molecular complexity index is 493. The molecule has 6 heteroatoms. The van der Waals surface area contributed by atoms with Crippen molar-refractivity contribution >= 4 is 18.4 Å². The zero-order valence-corrected chi connectivity index (χ0v) is 8.61. The monoisotopic (exact) mass is 223 g/mol. The van der Waals surface area contributed by atoms with Gasteiger partial charge in [-0.2, -0.15) is 4.98 Å². The fourth-order valence-corrected chi connectivity index (χ4v) is 1.14. The number of hydrogen-bond donors (Lipinski definition) is 2. The molecule has 0 aliphatic rings. The van der Waals surface area contributed by atoms with E-state index in [1.807, 2.05) is 30.3 Å². The van der Waals surface area contributed by atoms with Crippen LogP contribution < -0.4 is 11.4 Å². The van der Waals surface area contributed by atoms with Crippen LogP contribution in [-0.4, -0.2) is 14.5 Å². The van der Waals surface area contributed by atoms with Gasteiger partial charge in [0.2, 0.25) is 11.6 Å². The first kappa shape index (κ1) is 11.2. The molecule has 0 saturated heterocycles. The molecule has 1 aromatic heterocycles. The smallest absolute Gasteiger partial charge is 0.231 e. The third-order valence-electron chi connectivity index (χ3n) is 1.79. The van der Waals surface area contributed by atoms with Gasteiger partial charge in [0.25, 0.3) is 0 Å². The zero-order valence-electron chi connectivity index (χ0n) is 7.79. The second kappa shape index (κ2) is 4.56. The van der Waals surface area contributed by atoms with Crippen molar-refractivity contribution in [3.05, 3.63) is 42.3 Å². The van der Waals surface area contributed by atoms with Gasteiger partial charge < -0.3 is 5.73 Å². The number of hydrogen-bond acceptors (Lipinski definition) is 4. The van der Waals surface area contributed by atoms with Crippen molar-refractivity contribution < 1.29 is 0 Å². The number of anilines is 1. The summed E-state index contributed by atoms with van der Waals surface area (Å²) in [5.41, 5.74) is 6.27. The van der Waals surface area contributed by atoms with Crippen LogP contribution >= 0.6 is 12.4 Å². The van der Waals surface area contributed by atoms with Crippen LogP contribution in [0.25, 0.3) is 5.69 Å². The van der Waals surface area contributed by atoms with E-state index in [-0.39, 0.29) is 24.0 Å². The summed E-state index contributed by atoms with van der Waals surface area (Å²) in [6, 6.07) is 9.43. The second-order valence-corrected chi connectivity index (χ2v) is 2.74. The molecule has 0 amide bonds. The van der Waals surface area contributed by atoms with E-state index in [1.54, 1.807) is 4.57 Å². The molecule has 0 unspecified atom stereocenters. The Morgan fingerprint density at radius 3 is 2.47 bits per heavy atom. The fraction of sp³-hybridized carbons (Fsp3) is 0. The van der Waals surface area contributed by atoms with Gasteiger partial charge in [0, 0.05) is 0 Å². The van der Waals surface area contributed by atoms with Crippen LogP contribution in [0.2, 0.25) is 0 Å². The minimum Gasteiger partial charge on any atom is -0.368 e. The molecule has 15 heavy (non-hydrogen) atoms. The van der Waals surface area contributed by atoms with Crippen LogP contribution in [0.15, 0.2) is 36.7 Å². The van der Waals surface area contributed by atoms with Crippen LogP contribution in [0.5, 0.6) is 0 Å². The SMILES string of the molecule is Cl.N=c1nc(N)ncn1-c1ccccc1. The van der Waals surface area contributed by atoms with E-state index in [4.69, 9.17) is 11.1 Å². The van der Waals surface area contributed by atoms with Crippen molar-refractivity contribution in [1.82, 2.24) is 14.5 Å². The van der Waals surface area contributed by atoms with E-state index < -0.39 is 0 Å². The molecule has 3 N–H and O–H groups in total. The molecule has 0 aliphatic carbocycles. The van der Waals surface area contributed by atoms with Gasteiger partial charge in [-0.25, -0.2) is 4.98 Å². The first-order valence-corrected chi connectivity index (χ1v) is 4.08. The summed E-state index contributed by atoms with van der Waals surface area (Å²) in [4.78, 5) is 7.57. The van der Waals surface area contributed by atoms with Crippen molar-refractivity contribution in [2.45, 2.75) is 0 Å². The quantitative estimate of drug-likeness (QED) is 0.749. The van der Waals surface area contributed by atoms with E-state index >= 15 is 0 Å². The van der Waals surface area contributed by atoms with Crippen LogP contribution in [-0.2, 0) is 0 Å². The van der Waals surface area contributed by atoms with Crippen molar-refractivity contribution in [2.24, 2.45) is 0 Å². The van der Waals surface area contributed by atoms with E-state index in [2.05, 4.69) is 9.97 Å². The fourth-order valence-electron chi connectivity index (χ4n) is 1.14. The molecule has 0 radical (unpaired) electrons. The lowest BCUT2D eigenvalue weighted by atomic mass is 10.3. The molecular weight excluding hydrogens is 214 g/mol. The lowest BCUT2D eigenvalue weighted by Crippen LogP contribution is -2.23. The van der Waals surface area contributed by atoms with Crippen LogP contribution in [0.4, 0.5) is 5.95 Å². The van der Waals surface area contributed by atoms with Gasteiger partial charge >= 0.3 is 0 Å². The third kappa shape index (κ3) is 2.32. The number of halogens is 1. The molecule has 1 heterocycles. The number of benzene rings is 1. The molecule has 2 rings (SSSR count). The Labute approximate surface area is 92.5 Å². The Morgan fingerprint density at radius 1 is 1.20 bits per heavy atom. The second-order valence-electron chi connectivity index (χ2n) is 2.74. The summed E-state index contributed by atoms with van der Waals surface area (Å²) in [6.45, 7) is 0. The molecule has 78 valence electrons. The summed E-state index contributed by atoms with van der Waals surface area (Å²) >= 11 is 0. The Morgan fingerprint density at radius 2 is 1.87 bits per heavy atom. The number of nitrogens with one attached hydrogen (secondary N) is 1. The van der Waals surface area contributed by atoms with Crippen molar-refractivity contribution in [1.29, 1.82) is 5.41 Å². The number of para-hydroxylation sites is 1. The topological polar surface area (TPSA) is 80.6 Å². The van der Waals surface area contributed by atoms with E-state index in [9.17, 15) is 0 Å². The van der Waals surface area contributed by atoms with Crippen molar-refractivity contribution in [2.75, 3.05) is 5.73 Å². The summed E-state index contributed by atoms with van der Waals surface area (Å²) < 4.78 is 1.55. The van der Waals surface area contributed by atoms with E-state index in [0.29, 0.717) is 0 Å². The lowest BCUT2D eigenvalue weighted by Gasteiger charge is -2.04. The normalized spacial score (nSPS) is 9.33. The van der Waals surface area contributed by atoms with Crippen molar-refractivity contribution in [3.8, 4) is 5.69 Å². The highest BCUT2D eigenvalue weighted by molar-refractivity contribution is 5.85. The average Bonchev–Trinajstić information content (AvgIpc) is 2.19. The zero-order chi connectivity index (χ0) is 9.97. The summed E-state index contributed by atoms with van der Waals surface area (Å²) in [5.74, 6) is 0.113. The maximum absolute atomic E-state index is 7.58. The molecule has 5 nitrogen and oxygen atoms in total. The lowest BCUT2D eigenvalue weighted by molar-refractivity contribution is 0.813. The van der Waals surface area contributed by atoms with E-state index in [1.165, 1.54) is 6.33 Å². The molecule has 0 bridgehead atoms. The van der Waals surface area contributed by atoms with Crippen molar-refractivity contribution in [3.63, 3.8) is 0 Å². The average molecular weight is 224 g/mol. The number of nitrogens with two attached hydrogens (primary N) is 1. The molecular formula is C9H10ClN5. The Balaban J connectivity index is 0.00000112. The molecule has 1 aromatic carbocycles. The number of aromatic nitrogens is 3. The largest absolute Gasteiger partial charge is 0.368 e. The minimum absolute atomic E-state index is 0. The number of rotatable bonds is 1. The molecule has 0 atom stereocenters. The van der Waals surface area contributed by atoms with Crippen LogP contribution in [0, 0.1) is 5.41 Å². The molecule has 0 fully saturated rings. The Hall–Kier alpha value is -1.88. The molecule has 0 saturated carbocycles. The number of nitrogen functional groups attached to an aromatic ring is 1. The van der Waals surface area contributed by atoms with Crippen LogP contribution in [0.3, 0.4) is 0 Å². The first-order valence-electron chi connectivity index (χ1n) is 4.08. The van der Waals surface area contributed by atoms with Gasteiger partial charge in [-0.05, 0) is 12.1 Å². The summed E-state index contributed by atoms with van der Waals surface area (Å²) in [5, 5.41) is 7.58. The predicted molar refractivity (Wildman–Crippen MR) is 58.9 cm³/mol. The summed E-state index contributed by atoms with van der Waals surface area (Å²) in [6.07, 6.45) is 1.49. The molecule has 0 spiro atoms. The van der Waals surface area contributed by atoms with Gasteiger partial charge in [0.1, 0.15) is 6.33 Å². The highest BCUT2D eigenvalue weighted by Gasteiger charge is 1.97. The first-order chi connectivity index (χ1) is 6.77. The van der Waals surface area contributed by atoms with Gasteiger partial charge in [-0.1, -0.05) is 18.2 Å². The van der Waals surface area contributed by atoms with Gasteiger partial charge in [0.05, 0.1) is 5.69 Å². The standard InChI is InChI=1S/C9H9N5.ClH/c10-8-12-6-14(9(11)13-8)7-4-2-1-3-5-7;/h1-6H,(H3,10,11,13);1H. The molecule has 0 aliphatic heterocycles. The minimum atomic E-state index is 0. The molecule has 2 aromatic rings. The van der Waals surface area contributed by atoms with Gasteiger partial charge in [0.15, 0.2) is 0 Å². The maximum atomic E-state index is 7.58.